The molecule has 1 rings (SSSR count). The highest BCUT2D eigenvalue weighted by Crippen LogP contribution is 2.06. The van der Waals surface area contributed by atoms with Gasteiger partial charge in [0.25, 0.3) is 5.71 Å². The summed E-state index contributed by atoms with van der Waals surface area (Å²) in [7, 11) is 0. The highest BCUT2D eigenvalue weighted by molar-refractivity contribution is 6.08. The molecule has 11 heavy (non-hydrogen) atoms. The third-order valence-electron chi connectivity index (χ3n) is 1.45. The topological polar surface area (TPSA) is 46.3 Å². The van der Waals surface area contributed by atoms with Crippen LogP contribution in [0.3, 0.4) is 0 Å². The van der Waals surface area contributed by atoms with Crippen molar-refractivity contribution in [2.75, 3.05) is 0 Å². The van der Waals surface area contributed by atoms with E-state index < -0.39 is 0 Å². The summed E-state index contributed by atoms with van der Waals surface area (Å²) in [6.45, 7) is 1.81. The standard InChI is InChI=1S/C8H9NO2/c1-2-7-5-3-4-6-8(7)9(10)11/h2-6H,1H3,(H,10,11)/b7-2+. The molecule has 0 atom stereocenters. The van der Waals surface area contributed by atoms with Gasteiger partial charge in [-0.15, -0.1) is 0 Å². The van der Waals surface area contributed by atoms with E-state index in [2.05, 4.69) is 0 Å². The molecule has 1 aliphatic rings. The Morgan fingerprint density at radius 1 is 1.45 bits per heavy atom. The van der Waals surface area contributed by atoms with Gasteiger partial charge in [-0.25, -0.2) is 0 Å². The minimum absolute atomic E-state index is 0.130. The predicted octanol–water partition coefficient (Wildman–Crippen LogP) is 1.40. The van der Waals surface area contributed by atoms with Gasteiger partial charge in [0.2, 0.25) is 0 Å². The first-order chi connectivity index (χ1) is 5.25. The van der Waals surface area contributed by atoms with Crippen LogP contribution in [0.1, 0.15) is 6.92 Å². The zero-order valence-corrected chi connectivity index (χ0v) is 6.19. The molecule has 58 valence electrons. The first kappa shape index (κ1) is 7.60. The molecule has 0 aromatic carbocycles. The van der Waals surface area contributed by atoms with E-state index in [4.69, 9.17) is 5.21 Å². The molecular formula is C8H9NO2. The Hall–Kier alpha value is -1.51. The van der Waals surface area contributed by atoms with Crippen LogP contribution in [0.15, 0.2) is 36.0 Å². The second-order valence-corrected chi connectivity index (χ2v) is 2.12. The number of allylic oxidation sites excluding steroid dienone is 6. The molecule has 0 unspecified atom stereocenters. The smallest absolute Gasteiger partial charge is 0.274 e. The molecule has 1 aliphatic carbocycles. The maximum absolute atomic E-state index is 10.5. The van der Waals surface area contributed by atoms with Crippen molar-refractivity contribution in [1.29, 1.82) is 0 Å². The molecule has 0 heterocycles. The van der Waals surface area contributed by atoms with E-state index in [9.17, 15) is 5.21 Å². The first-order valence-electron chi connectivity index (χ1n) is 3.30. The minimum atomic E-state index is -0.130. The molecule has 0 bridgehead atoms. The van der Waals surface area contributed by atoms with Crippen LogP contribution in [0.2, 0.25) is 0 Å². The van der Waals surface area contributed by atoms with Crippen LogP contribution in [-0.4, -0.2) is 15.8 Å². The molecule has 0 amide bonds. The molecular weight excluding hydrogens is 142 g/mol. The second kappa shape index (κ2) is 3.05. The lowest BCUT2D eigenvalue weighted by Crippen LogP contribution is -2.12. The van der Waals surface area contributed by atoms with Crippen LogP contribution in [0.5, 0.6) is 0 Å². The summed E-state index contributed by atoms with van der Waals surface area (Å²) in [4.78, 5) is -0.130. The van der Waals surface area contributed by atoms with Crippen LogP contribution in [-0.2, 0) is 0 Å². The molecule has 0 aromatic heterocycles. The fourth-order valence-corrected chi connectivity index (χ4v) is 0.906. The lowest BCUT2D eigenvalue weighted by atomic mass is 10.1. The van der Waals surface area contributed by atoms with Crippen molar-refractivity contribution in [3.05, 3.63) is 41.2 Å². The molecule has 0 radical (unpaired) electrons. The lowest BCUT2D eigenvalue weighted by Gasteiger charge is -2.00. The van der Waals surface area contributed by atoms with Gasteiger partial charge in [-0.3, -0.25) is 5.21 Å². The summed E-state index contributed by atoms with van der Waals surface area (Å²) in [6, 6.07) is 0. The zero-order valence-electron chi connectivity index (χ0n) is 6.19. The highest BCUT2D eigenvalue weighted by atomic mass is 16.8. The molecule has 0 spiro atoms. The Bertz CT molecular complexity index is 268. The first-order valence-corrected chi connectivity index (χ1v) is 3.30. The Kier molecular flexibility index (Phi) is 2.11. The molecule has 0 fully saturated rings. The van der Waals surface area contributed by atoms with Gasteiger partial charge in [-0.05, 0) is 13.0 Å². The normalized spacial score (nSPS) is 24.3. The molecule has 0 saturated heterocycles. The third-order valence-corrected chi connectivity index (χ3v) is 1.45. The molecule has 0 saturated carbocycles. The van der Waals surface area contributed by atoms with Crippen LogP contribution in [0.4, 0.5) is 0 Å². The van der Waals surface area contributed by atoms with E-state index in [0.29, 0.717) is 0 Å². The van der Waals surface area contributed by atoms with E-state index in [1.165, 1.54) is 0 Å². The number of hydrogen-bond acceptors (Lipinski definition) is 2. The Morgan fingerprint density at radius 2 is 2.09 bits per heavy atom. The number of hydrogen-bond donors (Lipinski definition) is 1. The average molecular weight is 151 g/mol. The van der Waals surface area contributed by atoms with E-state index in [-0.39, 0.29) is 10.6 Å². The van der Waals surface area contributed by atoms with Gasteiger partial charge in [0.05, 0.1) is 0 Å². The van der Waals surface area contributed by atoms with E-state index >= 15 is 0 Å². The SMILES string of the molecule is C/C=C1\C=CC=C\C1=[N+](/[O-])O. The van der Waals surface area contributed by atoms with Gasteiger partial charge >= 0.3 is 0 Å². The third kappa shape index (κ3) is 1.49. The Labute approximate surface area is 64.8 Å². The van der Waals surface area contributed by atoms with Gasteiger partial charge in [0.15, 0.2) is 0 Å². The van der Waals surface area contributed by atoms with Crippen molar-refractivity contribution in [1.82, 2.24) is 0 Å². The second-order valence-electron chi connectivity index (χ2n) is 2.12. The van der Waals surface area contributed by atoms with Gasteiger partial charge in [-0.1, -0.05) is 18.2 Å². The maximum Gasteiger partial charge on any atom is 0.274 e. The predicted molar refractivity (Wildman–Crippen MR) is 42.5 cm³/mol. The van der Waals surface area contributed by atoms with E-state index in [1.54, 1.807) is 24.3 Å². The van der Waals surface area contributed by atoms with Crippen molar-refractivity contribution < 1.29 is 10.1 Å². The molecule has 3 heteroatoms. The quantitative estimate of drug-likeness (QED) is 0.323. The van der Waals surface area contributed by atoms with Crippen molar-refractivity contribution in [2.45, 2.75) is 6.92 Å². The van der Waals surface area contributed by atoms with Gasteiger partial charge in [-0.2, -0.15) is 0 Å². The molecule has 0 aromatic rings. The highest BCUT2D eigenvalue weighted by Gasteiger charge is 2.12. The van der Waals surface area contributed by atoms with Crippen LogP contribution >= 0.6 is 0 Å². The van der Waals surface area contributed by atoms with Crippen molar-refractivity contribution in [2.24, 2.45) is 0 Å². The maximum atomic E-state index is 10.5. The molecule has 1 N–H and O–H groups in total. The molecule has 3 nitrogen and oxygen atoms in total. The fraction of sp³-hybridized carbons (Fsp3) is 0.125. The summed E-state index contributed by atoms with van der Waals surface area (Å²) >= 11 is 0. The fourth-order valence-electron chi connectivity index (χ4n) is 0.906. The van der Waals surface area contributed by atoms with Gasteiger partial charge in [0, 0.05) is 16.6 Å². The van der Waals surface area contributed by atoms with Crippen molar-refractivity contribution in [3.63, 3.8) is 0 Å². The Morgan fingerprint density at radius 3 is 2.55 bits per heavy atom. The lowest BCUT2D eigenvalue weighted by molar-refractivity contribution is -0.725. The Balaban J connectivity index is 3.08. The van der Waals surface area contributed by atoms with Gasteiger partial charge < -0.3 is 5.21 Å². The van der Waals surface area contributed by atoms with E-state index in [1.807, 2.05) is 13.0 Å². The van der Waals surface area contributed by atoms with Crippen LogP contribution < -0.4 is 0 Å². The summed E-state index contributed by atoms with van der Waals surface area (Å²) in [5.41, 5.74) is 1.00. The zero-order chi connectivity index (χ0) is 8.27. The number of nitrogens with zero attached hydrogens (tertiary/aromatic N) is 1. The summed E-state index contributed by atoms with van der Waals surface area (Å²) in [6.07, 6.45) is 8.58. The summed E-state index contributed by atoms with van der Waals surface area (Å²) in [5.74, 6) is 0. The van der Waals surface area contributed by atoms with Crippen LogP contribution in [0, 0.1) is 5.21 Å². The summed E-state index contributed by atoms with van der Waals surface area (Å²) in [5, 5.41) is 19.1. The molecule has 0 aliphatic heterocycles. The number of rotatable bonds is 0. The minimum Gasteiger partial charge on any atom is -0.417 e. The van der Waals surface area contributed by atoms with Crippen LogP contribution in [0.25, 0.3) is 0 Å². The van der Waals surface area contributed by atoms with Gasteiger partial charge in [0.1, 0.15) is 0 Å². The monoisotopic (exact) mass is 151 g/mol. The van der Waals surface area contributed by atoms with Crippen molar-refractivity contribution in [3.8, 4) is 0 Å². The largest absolute Gasteiger partial charge is 0.417 e. The van der Waals surface area contributed by atoms with Crippen molar-refractivity contribution >= 4 is 5.71 Å². The summed E-state index contributed by atoms with van der Waals surface area (Å²) < 4.78 is 0. The van der Waals surface area contributed by atoms with E-state index in [0.717, 1.165) is 5.57 Å². The average Bonchev–Trinajstić information content (AvgIpc) is 2.04.